The monoisotopic (exact) mass is 349 g/mol. The summed E-state index contributed by atoms with van der Waals surface area (Å²) in [5.74, 6) is -0.702. The van der Waals surface area contributed by atoms with Crippen molar-refractivity contribution in [1.29, 1.82) is 0 Å². The van der Waals surface area contributed by atoms with Crippen LogP contribution in [-0.2, 0) is 14.8 Å². The molecule has 1 amide bonds. The molecule has 0 aliphatic carbocycles. The SMILES string of the molecule is CC(C)N(CC(N)=O)S(=O)(=O)c1ccc(N)c(Br)c1. The van der Waals surface area contributed by atoms with Gasteiger partial charge in [-0.2, -0.15) is 4.31 Å². The van der Waals surface area contributed by atoms with Crippen LogP contribution in [0.15, 0.2) is 27.6 Å². The Bertz CT molecular complexity index is 587. The lowest BCUT2D eigenvalue weighted by atomic mass is 10.3. The zero-order chi connectivity index (χ0) is 14.8. The number of halogens is 1. The third-order valence-electron chi connectivity index (χ3n) is 2.47. The molecule has 4 N–H and O–H groups in total. The van der Waals surface area contributed by atoms with E-state index in [1.165, 1.54) is 18.2 Å². The second kappa shape index (κ2) is 5.89. The fraction of sp³-hybridized carbons (Fsp3) is 0.364. The molecule has 0 heterocycles. The number of anilines is 1. The van der Waals surface area contributed by atoms with E-state index in [-0.39, 0.29) is 17.5 Å². The summed E-state index contributed by atoms with van der Waals surface area (Å²) in [6.07, 6.45) is 0. The van der Waals surface area contributed by atoms with Crippen LogP contribution in [-0.4, -0.2) is 31.2 Å². The summed E-state index contributed by atoms with van der Waals surface area (Å²) in [5.41, 5.74) is 11.1. The summed E-state index contributed by atoms with van der Waals surface area (Å²) in [5, 5.41) is 0. The van der Waals surface area contributed by atoms with Gasteiger partial charge in [0.05, 0.1) is 11.4 Å². The number of carbonyl (C=O) groups excluding carboxylic acids is 1. The fourth-order valence-electron chi connectivity index (χ4n) is 1.50. The van der Waals surface area contributed by atoms with Crippen LogP contribution in [0.2, 0.25) is 0 Å². The molecule has 0 spiro atoms. The highest BCUT2D eigenvalue weighted by Crippen LogP contribution is 2.25. The van der Waals surface area contributed by atoms with Crippen molar-refractivity contribution < 1.29 is 13.2 Å². The molecule has 6 nitrogen and oxygen atoms in total. The second-order valence-corrected chi connectivity index (χ2v) is 7.04. The summed E-state index contributed by atoms with van der Waals surface area (Å²) in [7, 11) is -3.79. The summed E-state index contributed by atoms with van der Waals surface area (Å²) in [6.45, 7) is 2.99. The van der Waals surface area contributed by atoms with Gasteiger partial charge in [-0.1, -0.05) is 0 Å². The van der Waals surface area contributed by atoms with E-state index in [0.717, 1.165) is 4.31 Å². The third kappa shape index (κ3) is 3.68. The Morgan fingerprint density at radius 3 is 2.42 bits per heavy atom. The van der Waals surface area contributed by atoms with E-state index in [9.17, 15) is 13.2 Å². The maximum absolute atomic E-state index is 12.4. The standard InChI is InChI=1S/C11H16BrN3O3S/c1-7(2)15(6-11(14)16)19(17,18)8-3-4-10(13)9(12)5-8/h3-5,7H,6,13H2,1-2H3,(H2,14,16). The number of primary amides is 1. The van der Waals surface area contributed by atoms with Gasteiger partial charge < -0.3 is 11.5 Å². The maximum atomic E-state index is 12.4. The van der Waals surface area contributed by atoms with Gasteiger partial charge in [0.25, 0.3) is 0 Å². The third-order valence-corrected chi connectivity index (χ3v) is 5.17. The molecule has 0 radical (unpaired) electrons. The first-order valence-corrected chi connectivity index (χ1v) is 7.74. The molecule has 8 heteroatoms. The molecule has 0 saturated carbocycles. The van der Waals surface area contributed by atoms with Gasteiger partial charge in [0.2, 0.25) is 15.9 Å². The van der Waals surface area contributed by atoms with Crippen molar-refractivity contribution in [2.24, 2.45) is 5.73 Å². The molecular weight excluding hydrogens is 334 g/mol. The molecule has 19 heavy (non-hydrogen) atoms. The van der Waals surface area contributed by atoms with Crippen molar-refractivity contribution in [3.05, 3.63) is 22.7 Å². The number of rotatable bonds is 5. The fourth-order valence-corrected chi connectivity index (χ4v) is 3.66. The highest BCUT2D eigenvalue weighted by molar-refractivity contribution is 9.10. The minimum Gasteiger partial charge on any atom is -0.398 e. The lowest BCUT2D eigenvalue weighted by Gasteiger charge is -2.24. The lowest BCUT2D eigenvalue weighted by Crippen LogP contribution is -2.42. The summed E-state index contributed by atoms with van der Waals surface area (Å²) >= 11 is 3.18. The van der Waals surface area contributed by atoms with Crippen molar-refractivity contribution >= 4 is 37.5 Å². The molecule has 106 valence electrons. The van der Waals surface area contributed by atoms with Crippen LogP contribution in [0.3, 0.4) is 0 Å². The molecule has 1 aromatic rings. The highest BCUT2D eigenvalue weighted by atomic mass is 79.9. The van der Waals surface area contributed by atoms with E-state index in [2.05, 4.69) is 15.9 Å². The van der Waals surface area contributed by atoms with E-state index >= 15 is 0 Å². The van der Waals surface area contributed by atoms with Crippen molar-refractivity contribution in [3.63, 3.8) is 0 Å². The molecular formula is C11H16BrN3O3S. The molecule has 0 unspecified atom stereocenters. The Balaban J connectivity index is 3.26. The maximum Gasteiger partial charge on any atom is 0.243 e. The molecule has 0 atom stereocenters. The van der Waals surface area contributed by atoms with Crippen LogP contribution >= 0.6 is 15.9 Å². The van der Waals surface area contributed by atoms with E-state index in [0.29, 0.717) is 10.2 Å². The van der Waals surface area contributed by atoms with Gasteiger partial charge in [0.1, 0.15) is 0 Å². The Morgan fingerprint density at radius 1 is 1.42 bits per heavy atom. The van der Waals surface area contributed by atoms with Crippen LogP contribution < -0.4 is 11.5 Å². The van der Waals surface area contributed by atoms with E-state index in [1.807, 2.05) is 0 Å². The topological polar surface area (TPSA) is 106 Å². The lowest BCUT2D eigenvalue weighted by molar-refractivity contribution is -0.118. The van der Waals surface area contributed by atoms with Crippen molar-refractivity contribution in [2.45, 2.75) is 24.8 Å². The van der Waals surface area contributed by atoms with E-state index in [1.54, 1.807) is 13.8 Å². The number of benzene rings is 1. The second-order valence-electron chi connectivity index (χ2n) is 4.29. The molecule has 0 aliphatic rings. The zero-order valence-electron chi connectivity index (χ0n) is 10.6. The number of sulfonamides is 1. The number of hydrogen-bond donors (Lipinski definition) is 2. The van der Waals surface area contributed by atoms with Crippen LogP contribution in [0.4, 0.5) is 5.69 Å². The summed E-state index contributed by atoms with van der Waals surface area (Å²) in [4.78, 5) is 11.1. The van der Waals surface area contributed by atoms with Crippen molar-refractivity contribution in [3.8, 4) is 0 Å². The van der Waals surface area contributed by atoms with Gasteiger partial charge in [-0.3, -0.25) is 4.79 Å². The predicted molar refractivity (Wildman–Crippen MR) is 76.8 cm³/mol. The molecule has 0 aliphatic heterocycles. The van der Waals surface area contributed by atoms with Crippen LogP contribution in [0.5, 0.6) is 0 Å². The largest absolute Gasteiger partial charge is 0.398 e. The van der Waals surface area contributed by atoms with Gasteiger partial charge in [-0.25, -0.2) is 8.42 Å². The summed E-state index contributed by atoms with van der Waals surface area (Å²) < 4.78 is 26.4. The first-order valence-electron chi connectivity index (χ1n) is 5.51. The van der Waals surface area contributed by atoms with Crippen molar-refractivity contribution in [2.75, 3.05) is 12.3 Å². The molecule has 0 aromatic heterocycles. The normalized spacial score (nSPS) is 12.1. The molecule has 0 saturated heterocycles. The Hall–Kier alpha value is -1.12. The average Bonchev–Trinajstić information content (AvgIpc) is 2.28. The Kier molecular flexibility index (Phi) is 4.94. The van der Waals surface area contributed by atoms with Crippen LogP contribution in [0, 0.1) is 0 Å². The molecule has 0 bridgehead atoms. The number of carbonyl (C=O) groups is 1. The average molecular weight is 350 g/mol. The van der Waals surface area contributed by atoms with E-state index < -0.39 is 15.9 Å². The first kappa shape index (κ1) is 15.9. The Labute approximate surface area is 120 Å². The molecule has 0 fully saturated rings. The van der Waals surface area contributed by atoms with Gasteiger partial charge in [-0.05, 0) is 48.0 Å². The number of nitrogens with two attached hydrogens (primary N) is 2. The van der Waals surface area contributed by atoms with Gasteiger partial charge in [-0.15, -0.1) is 0 Å². The first-order chi connectivity index (χ1) is 8.66. The van der Waals surface area contributed by atoms with Crippen molar-refractivity contribution in [1.82, 2.24) is 4.31 Å². The van der Waals surface area contributed by atoms with Crippen LogP contribution in [0.1, 0.15) is 13.8 Å². The molecule has 1 aromatic carbocycles. The minimum atomic E-state index is -3.79. The highest BCUT2D eigenvalue weighted by Gasteiger charge is 2.28. The number of nitrogen functional groups attached to an aromatic ring is 1. The van der Waals surface area contributed by atoms with E-state index in [4.69, 9.17) is 11.5 Å². The number of hydrogen-bond acceptors (Lipinski definition) is 4. The molecule has 1 rings (SSSR count). The minimum absolute atomic E-state index is 0.0588. The quantitative estimate of drug-likeness (QED) is 0.770. The van der Waals surface area contributed by atoms with Gasteiger partial charge in [0.15, 0.2) is 0 Å². The van der Waals surface area contributed by atoms with Gasteiger partial charge in [0, 0.05) is 16.2 Å². The zero-order valence-corrected chi connectivity index (χ0v) is 13.0. The smallest absolute Gasteiger partial charge is 0.243 e. The predicted octanol–water partition coefficient (Wildman–Crippen LogP) is 0.916. The number of amides is 1. The van der Waals surface area contributed by atoms with Crippen LogP contribution in [0.25, 0.3) is 0 Å². The summed E-state index contributed by atoms with van der Waals surface area (Å²) in [6, 6.07) is 3.90. The Morgan fingerprint density at radius 2 is 2.00 bits per heavy atom. The number of nitrogens with zero attached hydrogens (tertiary/aromatic N) is 1. The van der Waals surface area contributed by atoms with Gasteiger partial charge >= 0.3 is 0 Å².